The SMILES string of the molecule is COCCNc1c(F)cccc1NN=C(C#N)C#N. The van der Waals surface area contributed by atoms with E-state index in [2.05, 4.69) is 15.8 Å². The lowest BCUT2D eigenvalue weighted by Gasteiger charge is -2.11. The van der Waals surface area contributed by atoms with Crippen molar-refractivity contribution in [3.8, 4) is 12.1 Å². The molecule has 1 aromatic carbocycles. The van der Waals surface area contributed by atoms with Crippen molar-refractivity contribution < 1.29 is 9.13 Å². The summed E-state index contributed by atoms with van der Waals surface area (Å²) in [5.74, 6) is -0.466. The molecule has 0 radical (unpaired) electrons. The number of halogens is 1. The van der Waals surface area contributed by atoms with E-state index in [1.165, 1.54) is 12.1 Å². The lowest BCUT2D eigenvalue weighted by molar-refractivity contribution is 0.210. The fraction of sp³-hybridized carbons (Fsp3) is 0.250. The van der Waals surface area contributed by atoms with Crippen LogP contribution in [0.4, 0.5) is 15.8 Å². The van der Waals surface area contributed by atoms with Crippen molar-refractivity contribution in [3.05, 3.63) is 24.0 Å². The van der Waals surface area contributed by atoms with Crippen molar-refractivity contribution in [1.82, 2.24) is 0 Å². The van der Waals surface area contributed by atoms with Gasteiger partial charge in [0.1, 0.15) is 18.0 Å². The van der Waals surface area contributed by atoms with Gasteiger partial charge in [-0.2, -0.15) is 15.6 Å². The summed E-state index contributed by atoms with van der Waals surface area (Å²) in [6.45, 7) is 0.831. The number of benzene rings is 1. The van der Waals surface area contributed by atoms with E-state index in [0.29, 0.717) is 18.8 Å². The molecule has 0 aliphatic heterocycles. The van der Waals surface area contributed by atoms with Crippen molar-refractivity contribution in [2.24, 2.45) is 5.10 Å². The van der Waals surface area contributed by atoms with E-state index < -0.39 is 5.82 Å². The van der Waals surface area contributed by atoms with Crippen LogP contribution < -0.4 is 10.7 Å². The van der Waals surface area contributed by atoms with Crippen molar-refractivity contribution >= 4 is 17.1 Å². The molecule has 1 aromatic rings. The van der Waals surface area contributed by atoms with Crippen LogP contribution >= 0.6 is 0 Å². The number of ether oxygens (including phenoxy) is 1. The minimum Gasteiger partial charge on any atom is -0.383 e. The van der Waals surface area contributed by atoms with Crippen LogP contribution in [0, 0.1) is 28.5 Å². The number of rotatable bonds is 6. The summed E-state index contributed by atoms with van der Waals surface area (Å²) in [6, 6.07) is 7.56. The van der Waals surface area contributed by atoms with Crippen LogP contribution in [0.2, 0.25) is 0 Å². The summed E-state index contributed by atoms with van der Waals surface area (Å²) in [6.07, 6.45) is 0. The first-order valence-corrected chi connectivity index (χ1v) is 5.38. The number of nitriles is 2. The zero-order valence-electron chi connectivity index (χ0n) is 10.3. The van der Waals surface area contributed by atoms with Crippen LogP contribution in [0.5, 0.6) is 0 Å². The largest absolute Gasteiger partial charge is 0.383 e. The molecule has 0 aromatic heterocycles. The first-order valence-electron chi connectivity index (χ1n) is 5.38. The average Bonchev–Trinajstić information content (AvgIpc) is 2.42. The maximum atomic E-state index is 13.6. The van der Waals surface area contributed by atoms with Gasteiger partial charge in [-0.3, -0.25) is 5.43 Å². The van der Waals surface area contributed by atoms with Gasteiger partial charge in [0, 0.05) is 13.7 Å². The van der Waals surface area contributed by atoms with Gasteiger partial charge >= 0.3 is 0 Å². The molecule has 19 heavy (non-hydrogen) atoms. The highest BCUT2D eigenvalue weighted by atomic mass is 19.1. The quantitative estimate of drug-likeness (QED) is 0.462. The zero-order chi connectivity index (χ0) is 14.1. The van der Waals surface area contributed by atoms with E-state index in [4.69, 9.17) is 15.3 Å². The molecule has 0 atom stereocenters. The molecule has 0 aliphatic carbocycles. The van der Waals surface area contributed by atoms with Crippen LogP contribution in [0.15, 0.2) is 23.3 Å². The molecule has 0 fully saturated rings. The van der Waals surface area contributed by atoms with Crippen molar-refractivity contribution in [1.29, 1.82) is 10.5 Å². The monoisotopic (exact) mass is 261 g/mol. The summed E-state index contributed by atoms with van der Waals surface area (Å²) in [4.78, 5) is 0. The van der Waals surface area contributed by atoms with Crippen LogP contribution in [0.3, 0.4) is 0 Å². The second kappa shape index (κ2) is 7.64. The van der Waals surface area contributed by atoms with Crippen LogP contribution in [0.1, 0.15) is 0 Å². The van der Waals surface area contributed by atoms with Gasteiger partial charge in [0.25, 0.3) is 0 Å². The minimum atomic E-state index is -0.466. The van der Waals surface area contributed by atoms with Crippen molar-refractivity contribution in [2.75, 3.05) is 31.0 Å². The number of nitrogens with one attached hydrogen (secondary N) is 2. The van der Waals surface area contributed by atoms with E-state index in [1.807, 2.05) is 0 Å². The summed E-state index contributed by atoms with van der Waals surface area (Å²) in [5, 5.41) is 23.5. The predicted molar refractivity (Wildman–Crippen MR) is 69.0 cm³/mol. The Morgan fingerprint density at radius 3 is 2.79 bits per heavy atom. The fourth-order valence-corrected chi connectivity index (χ4v) is 1.27. The molecule has 0 saturated heterocycles. The summed E-state index contributed by atoms with van der Waals surface area (Å²) >= 11 is 0. The molecular formula is C12H12FN5O. The molecule has 0 aliphatic rings. The second-order valence-electron chi connectivity index (χ2n) is 3.38. The van der Waals surface area contributed by atoms with Crippen molar-refractivity contribution in [3.63, 3.8) is 0 Å². The number of hydrazone groups is 1. The highest BCUT2D eigenvalue weighted by molar-refractivity contribution is 6.10. The Morgan fingerprint density at radius 2 is 2.16 bits per heavy atom. The molecule has 0 bridgehead atoms. The van der Waals surface area contributed by atoms with Gasteiger partial charge in [-0.05, 0) is 12.1 Å². The number of para-hydroxylation sites is 1. The van der Waals surface area contributed by atoms with Gasteiger partial charge in [0.05, 0.1) is 18.0 Å². The molecule has 1 rings (SSSR count). The van der Waals surface area contributed by atoms with Gasteiger partial charge in [-0.1, -0.05) is 6.07 Å². The maximum absolute atomic E-state index is 13.6. The Morgan fingerprint density at radius 1 is 1.42 bits per heavy atom. The smallest absolute Gasteiger partial charge is 0.237 e. The minimum absolute atomic E-state index is 0.207. The highest BCUT2D eigenvalue weighted by Crippen LogP contribution is 2.24. The van der Waals surface area contributed by atoms with E-state index in [9.17, 15) is 4.39 Å². The standard InChI is InChI=1S/C12H12FN5O/c1-19-6-5-16-12-10(13)3-2-4-11(12)18-17-9(7-14)8-15/h2-4,16,18H,5-6H2,1H3. The molecule has 6 nitrogen and oxygen atoms in total. The topological polar surface area (TPSA) is 93.2 Å². The third kappa shape index (κ3) is 4.26. The first-order chi connectivity index (χ1) is 9.22. The van der Waals surface area contributed by atoms with Crippen LogP contribution in [-0.2, 0) is 4.74 Å². The predicted octanol–water partition coefficient (Wildman–Crippen LogP) is 1.70. The van der Waals surface area contributed by atoms with E-state index in [-0.39, 0.29) is 11.4 Å². The summed E-state index contributed by atoms with van der Waals surface area (Å²) < 4.78 is 18.5. The maximum Gasteiger partial charge on any atom is 0.237 e. The van der Waals surface area contributed by atoms with Gasteiger partial charge in [0.15, 0.2) is 0 Å². The zero-order valence-corrected chi connectivity index (χ0v) is 10.3. The Bertz CT molecular complexity index is 528. The molecule has 0 unspecified atom stereocenters. The van der Waals surface area contributed by atoms with E-state index in [0.717, 1.165) is 0 Å². The third-order valence-electron chi connectivity index (χ3n) is 2.12. The molecule has 7 heteroatoms. The first kappa shape index (κ1) is 14.4. The Hall–Kier alpha value is -2.64. The number of nitrogens with zero attached hydrogens (tertiary/aromatic N) is 3. The molecule has 0 spiro atoms. The second-order valence-corrected chi connectivity index (χ2v) is 3.38. The average molecular weight is 261 g/mol. The summed E-state index contributed by atoms with van der Waals surface area (Å²) in [5.41, 5.74) is 2.68. The number of hydrogen-bond acceptors (Lipinski definition) is 6. The molecule has 0 heterocycles. The number of hydrogen-bond donors (Lipinski definition) is 2. The Labute approximate surface area is 110 Å². The fourth-order valence-electron chi connectivity index (χ4n) is 1.27. The Kier molecular flexibility index (Phi) is 5.80. The van der Waals surface area contributed by atoms with Crippen LogP contribution in [-0.4, -0.2) is 26.0 Å². The highest BCUT2D eigenvalue weighted by Gasteiger charge is 2.07. The number of methoxy groups -OCH3 is 1. The van der Waals surface area contributed by atoms with E-state index >= 15 is 0 Å². The van der Waals surface area contributed by atoms with Gasteiger partial charge < -0.3 is 10.1 Å². The lowest BCUT2D eigenvalue weighted by atomic mass is 10.2. The lowest BCUT2D eigenvalue weighted by Crippen LogP contribution is -2.10. The molecule has 0 amide bonds. The normalized spacial score (nSPS) is 9.05. The molecular weight excluding hydrogens is 249 g/mol. The van der Waals surface area contributed by atoms with E-state index in [1.54, 1.807) is 25.3 Å². The number of anilines is 2. The summed E-state index contributed by atoms with van der Waals surface area (Å²) in [7, 11) is 1.54. The van der Waals surface area contributed by atoms with Crippen LogP contribution in [0.25, 0.3) is 0 Å². The van der Waals surface area contributed by atoms with Gasteiger partial charge in [0.2, 0.25) is 5.71 Å². The third-order valence-corrected chi connectivity index (χ3v) is 2.12. The molecule has 2 N–H and O–H groups in total. The Balaban J connectivity index is 2.89. The van der Waals surface area contributed by atoms with Gasteiger partial charge in [-0.25, -0.2) is 4.39 Å². The molecule has 0 saturated carbocycles. The molecule has 98 valence electrons. The van der Waals surface area contributed by atoms with Crippen molar-refractivity contribution in [2.45, 2.75) is 0 Å². The van der Waals surface area contributed by atoms with Gasteiger partial charge in [-0.15, -0.1) is 0 Å².